The van der Waals surface area contributed by atoms with Crippen LogP contribution in [0.3, 0.4) is 0 Å². The Labute approximate surface area is 139 Å². The van der Waals surface area contributed by atoms with Crippen LogP contribution in [0.5, 0.6) is 0 Å². The van der Waals surface area contributed by atoms with E-state index in [1.54, 1.807) is 6.07 Å². The molecule has 0 aliphatic carbocycles. The predicted octanol–water partition coefficient (Wildman–Crippen LogP) is 3.44. The topological polar surface area (TPSA) is 71.3 Å². The Hall–Kier alpha value is -1.90. The molecule has 0 bridgehead atoms. The van der Waals surface area contributed by atoms with Crippen molar-refractivity contribution in [3.63, 3.8) is 0 Å². The molecule has 0 spiro atoms. The lowest BCUT2D eigenvalue weighted by atomic mass is 10.2. The number of halogens is 2. The molecule has 0 atom stereocenters. The zero-order valence-corrected chi connectivity index (χ0v) is 13.9. The fourth-order valence-electron chi connectivity index (χ4n) is 2.00. The van der Waals surface area contributed by atoms with E-state index >= 15 is 0 Å². The van der Waals surface area contributed by atoms with Gasteiger partial charge in [-0.25, -0.2) is 9.18 Å². The van der Waals surface area contributed by atoms with Crippen LogP contribution in [0.2, 0.25) is 0 Å². The number of pyridine rings is 1. The van der Waals surface area contributed by atoms with Crippen LogP contribution in [0.1, 0.15) is 23.7 Å². The molecule has 1 heterocycles. The molecule has 0 radical (unpaired) electrons. The number of carbonyl (C=O) groups is 1. The van der Waals surface area contributed by atoms with E-state index in [9.17, 15) is 19.1 Å². The van der Waals surface area contributed by atoms with Gasteiger partial charge in [-0.1, -0.05) is 6.92 Å². The summed E-state index contributed by atoms with van der Waals surface area (Å²) in [6.45, 7) is 2.32. The number of carboxylic acid groups (broad SMARTS) is 1. The summed E-state index contributed by atoms with van der Waals surface area (Å²) in [5.74, 6) is -1.70. The van der Waals surface area contributed by atoms with Gasteiger partial charge < -0.3 is 15.0 Å². The number of hydrogen-bond acceptors (Lipinski definition) is 3. The quantitative estimate of drug-likeness (QED) is 0.733. The first kappa shape index (κ1) is 16.5. The summed E-state index contributed by atoms with van der Waals surface area (Å²) in [5, 5.41) is 12.0. The molecular weight excluding hydrogens is 402 g/mol. The molecule has 2 rings (SSSR count). The Morgan fingerprint density at radius 1 is 1.36 bits per heavy atom. The molecule has 0 saturated heterocycles. The Morgan fingerprint density at radius 3 is 2.68 bits per heavy atom. The fraction of sp³-hybridized carbons (Fsp3) is 0.200. The molecule has 7 heteroatoms. The molecule has 5 nitrogen and oxygen atoms in total. The average molecular weight is 416 g/mol. The first-order valence-electron chi connectivity index (χ1n) is 6.62. The van der Waals surface area contributed by atoms with Gasteiger partial charge in [-0.05, 0) is 47.2 Å². The largest absolute Gasteiger partial charge is 0.478 e. The Balaban J connectivity index is 2.47. The second-order valence-corrected chi connectivity index (χ2v) is 5.93. The van der Waals surface area contributed by atoms with Crippen LogP contribution in [0.4, 0.5) is 15.8 Å². The number of aromatic nitrogens is 1. The summed E-state index contributed by atoms with van der Waals surface area (Å²) in [7, 11) is 0. The van der Waals surface area contributed by atoms with Crippen LogP contribution in [-0.2, 0) is 6.54 Å². The number of nitrogens with zero attached hydrogens (tertiary/aromatic N) is 1. The highest BCUT2D eigenvalue weighted by Crippen LogP contribution is 2.23. The summed E-state index contributed by atoms with van der Waals surface area (Å²) in [5.41, 5.74) is -0.216. The molecular formula is C15H14FIN2O3. The third-order valence-corrected chi connectivity index (χ3v) is 3.69. The number of aryl methyl sites for hydroxylation is 1. The number of carboxylic acids is 1. The number of benzene rings is 1. The lowest BCUT2D eigenvalue weighted by Crippen LogP contribution is -2.22. The van der Waals surface area contributed by atoms with Crippen molar-refractivity contribution in [3.05, 3.63) is 55.8 Å². The maximum absolute atomic E-state index is 13.9. The number of hydrogen-bond donors (Lipinski definition) is 2. The first-order chi connectivity index (χ1) is 10.4. The fourth-order valence-corrected chi connectivity index (χ4v) is 2.45. The van der Waals surface area contributed by atoms with E-state index in [-0.39, 0.29) is 22.5 Å². The Bertz CT molecular complexity index is 774. The van der Waals surface area contributed by atoms with Gasteiger partial charge in [0.15, 0.2) is 0 Å². The van der Waals surface area contributed by atoms with Crippen LogP contribution < -0.4 is 10.9 Å². The molecule has 0 unspecified atom stereocenters. The maximum atomic E-state index is 13.9. The predicted molar refractivity (Wildman–Crippen MR) is 90.4 cm³/mol. The number of nitrogens with one attached hydrogen (secondary N) is 1. The van der Waals surface area contributed by atoms with Crippen molar-refractivity contribution in [1.29, 1.82) is 0 Å². The molecule has 1 aromatic heterocycles. The van der Waals surface area contributed by atoms with E-state index in [0.717, 1.165) is 3.57 Å². The van der Waals surface area contributed by atoms with Gasteiger partial charge in [0, 0.05) is 22.4 Å². The standard InChI is InChI=1S/C15H14FIN2O3/c1-2-5-19-8-10(15(21)22)13(7-14(19)20)18-12-4-3-9(17)6-11(12)16/h3-4,6-8,18H,2,5H2,1H3,(H,21,22). The van der Waals surface area contributed by atoms with Gasteiger partial charge in [0.25, 0.3) is 5.56 Å². The summed E-state index contributed by atoms with van der Waals surface area (Å²) < 4.78 is 15.9. The smallest absolute Gasteiger partial charge is 0.339 e. The van der Waals surface area contributed by atoms with E-state index in [0.29, 0.717) is 13.0 Å². The maximum Gasteiger partial charge on any atom is 0.339 e. The number of anilines is 2. The minimum Gasteiger partial charge on any atom is -0.478 e. The van der Waals surface area contributed by atoms with Crippen molar-refractivity contribution < 1.29 is 14.3 Å². The van der Waals surface area contributed by atoms with Crippen molar-refractivity contribution in [3.8, 4) is 0 Å². The van der Waals surface area contributed by atoms with Crippen LogP contribution in [0.25, 0.3) is 0 Å². The minimum absolute atomic E-state index is 0.0740. The molecule has 1 aromatic carbocycles. The molecule has 116 valence electrons. The molecule has 0 aliphatic heterocycles. The third kappa shape index (κ3) is 3.65. The van der Waals surface area contributed by atoms with Gasteiger partial charge in [-0.2, -0.15) is 0 Å². The normalized spacial score (nSPS) is 10.5. The molecule has 2 N–H and O–H groups in total. The van der Waals surface area contributed by atoms with E-state index in [1.807, 2.05) is 29.5 Å². The molecule has 2 aromatic rings. The minimum atomic E-state index is -1.18. The van der Waals surface area contributed by atoms with Crippen LogP contribution >= 0.6 is 22.6 Å². The van der Waals surface area contributed by atoms with Gasteiger partial charge in [0.05, 0.1) is 16.9 Å². The van der Waals surface area contributed by atoms with E-state index in [4.69, 9.17) is 0 Å². The number of aromatic carboxylic acids is 1. The Morgan fingerprint density at radius 2 is 2.09 bits per heavy atom. The highest BCUT2D eigenvalue weighted by molar-refractivity contribution is 14.1. The van der Waals surface area contributed by atoms with E-state index in [1.165, 1.54) is 29.0 Å². The SMILES string of the molecule is CCCn1cc(C(=O)O)c(Nc2ccc(I)cc2F)cc1=O. The molecule has 0 amide bonds. The summed E-state index contributed by atoms with van der Waals surface area (Å²) in [4.78, 5) is 23.3. The van der Waals surface area contributed by atoms with Crippen molar-refractivity contribution in [2.75, 3.05) is 5.32 Å². The van der Waals surface area contributed by atoms with Crippen molar-refractivity contribution >= 4 is 39.9 Å². The lowest BCUT2D eigenvalue weighted by Gasteiger charge is -2.13. The first-order valence-corrected chi connectivity index (χ1v) is 7.70. The molecule has 0 aliphatic rings. The number of rotatable bonds is 5. The second-order valence-electron chi connectivity index (χ2n) is 4.69. The van der Waals surface area contributed by atoms with Crippen molar-refractivity contribution in [2.24, 2.45) is 0 Å². The Kier molecular flexibility index (Phi) is 5.17. The summed E-state index contributed by atoms with van der Waals surface area (Å²) >= 11 is 1.97. The highest BCUT2D eigenvalue weighted by Gasteiger charge is 2.14. The zero-order chi connectivity index (χ0) is 16.3. The summed E-state index contributed by atoms with van der Waals surface area (Å²) in [6, 6.07) is 5.68. The third-order valence-electron chi connectivity index (χ3n) is 3.02. The van der Waals surface area contributed by atoms with Crippen molar-refractivity contribution in [2.45, 2.75) is 19.9 Å². The van der Waals surface area contributed by atoms with E-state index < -0.39 is 11.8 Å². The zero-order valence-electron chi connectivity index (χ0n) is 11.8. The van der Waals surface area contributed by atoms with Gasteiger partial charge >= 0.3 is 5.97 Å². The molecule has 22 heavy (non-hydrogen) atoms. The molecule has 0 fully saturated rings. The second kappa shape index (κ2) is 6.91. The van der Waals surface area contributed by atoms with E-state index in [2.05, 4.69) is 5.32 Å². The van der Waals surface area contributed by atoms with Gasteiger partial charge in [-0.3, -0.25) is 4.79 Å². The van der Waals surface area contributed by atoms with Gasteiger partial charge in [-0.15, -0.1) is 0 Å². The van der Waals surface area contributed by atoms with Crippen LogP contribution in [0.15, 0.2) is 35.3 Å². The monoisotopic (exact) mass is 416 g/mol. The lowest BCUT2D eigenvalue weighted by molar-refractivity contribution is 0.0697. The average Bonchev–Trinajstić information content (AvgIpc) is 2.44. The van der Waals surface area contributed by atoms with Gasteiger partial charge in [0.1, 0.15) is 5.82 Å². The van der Waals surface area contributed by atoms with Crippen LogP contribution in [-0.4, -0.2) is 15.6 Å². The van der Waals surface area contributed by atoms with Gasteiger partial charge in [0.2, 0.25) is 0 Å². The van der Waals surface area contributed by atoms with Crippen molar-refractivity contribution in [1.82, 2.24) is 4.57 Å². The summed E-state index contributed by atoms with van der Waals surface area (Å²) in [6.07, 6.45) is 1.98. The molecule has 0 saturated carbocycles. The van der Waals surface area contributed by atoms with Crippen LogP contribution in [0, 0.1) is 9.39 Å². The highest BCUT2D eigenvalue weighted by atomic mass is 127.